The molecule has 1 saturated carbocycles. The van der Waals surface area contributed by atoms with Crippen LogP contribution in [0.1, 0.15) is 38.5 Å². The lowest BCUT2D eigenvalue weighted by molar-refractivity contribution is -0.139. The highest BCUT2D eigenvalue weighted by atomic mass is 16.5. The van der Waals surface area contributed by atoms with Crippen molar-refractivity contribution >= 4 is 11.9 Å². The largest absolute Gasteiger partial charge is 0.481 e. The molecule has 0 aromatic carbocycles. The van der Waals surface area contributed by atoms with E-state index in [9.17, 15) is 9.59 Å². The minimum Gasteiger partial charge on any atom is -0.481 e. The standard InChI is InChI=1S/C12H20N2O4/c13-12(5-6-18-8-12)10(17)14-11(7-9(15)16)3-1-2-4-11/h1-8,13H2,(H,14,17)(H,15,16). The van der Waals surface area contributed by atoms with Crippen molar-refractivity contribution in [3.05, 3.63) is 0 Å². The Bertz CT molecular complexity index is 344. The van der Waals surface area contributed by atoms with Crippen LogP contribution in [0.2, 0.25) is 0 Å². The molecule has 18 heavy (non-hydrogen) atoms. The SMILES string of the molecule is NC1(C(=O)NC2(CC(=O)O)CCCC2)CCOC1. The lowest BCUT2D eigenvalue weighted by atomic mass is 9.90. The first kappa shape index (κ1) is 13.3. The molecule has 6 heteroatoms. The van der Waals surface area contributed by atoms with Crippen LogP contribution in [-0.4, -0.2) is 41.3 Å². The van der Waals surface area contributed by atoms with Gasteiger partial charge in [-0.2, -0.15) is 0 Å². The fraction of sp³-hybridized carbons (Fsp3) is 0.833. The van der Waals surface area contributed by atoms with Gasteiger partial charge in [0.05, 0.1) is 18.6 Å². The molecule has 1 unspecified atom stereocenters. The second-order valence-electron chi connectivity index (χ2n) is 5.47. The molecule has 0 bridgehead atoms. The molecule has 1 aliphatic heterocycles. The lowest BCUT2D eigenvalue weighted by Gasteiger charge is -2.32. The van der Waals surface area contributed by atoms with Gasteiger partial charge in [-0.1, -0.05) is 12.8 Å². The summed E-state index contributed by atoms with van der Waals surface area (Å²) in [6, 6.07) is 0. The number of hydrogen-bond donors (Lipinski definition) is 3. The molecular formula is C12H20N2O4. The summed E-state index contributed by atoms with van der Waals surface area (Å²) < 4.78 is 5.16. The van der Waals surface area contributed by atoms with E-state index in [1.807, 2.05) is 0 Å². The number of ether oxygens (including phenoxy) is 1. The van der Waals surface area contributed by atoms with Crippen LogP contribution < -0.4 is 11.1 Å². The van der Waals surface area contributed by atoms with E-state index in [1.165, 1.54) is 0 Å². The number of carbonyl (C=O) groups excluding carboxylic acids is 1. The highest BCUT2D eigenvalue weighted by Crippen LogP contribution is 2.33. The van der Waals surface area contributed by atoms with E-state index in [1.54, 1.807) is 0 Å². The summed E-state index contributed by atoms with van der Waals surface area (Å²) in [5.74, 6) is -1.16. The van der Waals surface area contributed by atoms with Crippen molar-refractivity contribution in [1.82, 2.24) is 5.32 Å². The molecule has 2 rings (SSSR count). The molecule has 1 saturated heterocycles. The van der Waals surface area contributed by atoms with Gasteiger partial charge in [0.25, 0.3) is 0 Å². The maximum Gasteiger partial charge on any atom is 0.305 e. The van der Waals surface area contributed by atoms with Crippen LogP contribution in [0.5, 0.6) is 0 Å². The third-order valence-corrected chi connectivity index (χ3v) is 3.93. The minimum absolute atomic E-state index is 0.0321. The molecule has 2 aliphatic rings. The molecular weight excluding hydrogens is 236 g/mol. The van der Waals surface area contributed by atoms with Crippen LogP contribution in [0, 0.1) is 0 Å². The van der Waals surface area contributed by atoms with Gasteiger partial charge in [-0.3, -0.25) is 9.59 Å². The van der Waals surface area contributed by atoms with Crippen LogP contribution in [0.3, 0.4) is 0 Å². The zero-order chi connectivity index (χ0) is 13.2. The van der Waals surface area contributed by atoms with Crippen LogP contribution in [0.4, 0.5) is 0 Å². The lowest BCUT2D eigenvalue weighted by Crippen LogP contribution is -2.60. The van der Waals surface area contributed by atoms with Crippen LogP contribution in [0.25, 0.3) is 0 Å². The monoisotopic (exact) mass is 256 g/mol. The van der Waals surface area contributed by atoms with Gasteiger partial charge in [-0.05, 0) is 19.3 Å². The average Bonchev–Trinajstić information content (AvgIpc) is 2.88. The Labute approximate surface area is 106 Å². The van der Waals surface area contributed by atoms with E-state index in [2.05, 4.69) is 5.32 Å². The average molecular weight is 256 g/mol. The summed E-state index contributed by atoms with van der Waals surface area (Å²) in [5.41, 5.74) is 4.38. The fourth-order valence-corrected chi connectivity index (χ4v) is 2.81. The first-order chi connectivity index (χ1) is 8.46. The number of carboxylic acid groups (broad SMARTS) is 1. The molecule has 6 nitrogen and oxygen atoms in total. The van der Waals surface area contributed by atoms with Crippen molar-refractivity contribution in [3.8, 4) is 0 Å². The molecule has 2 fully saturated rings. The number of nitrogens with two attached hydrogens (primary N) is 1. The summed E-state index contributed by atoms with van der Waals surface area (Å²) >= 11 is 0. The predicted octanol–water partition coefficient (Wildman–Crippen LogP) is 0.00790. The number of nitrogens with one attached hydrogen (secondary N) is 1. The Kier molecular flexibility index (Phi) is 3.59. The van der Waals surface area contributed by atoms with Gasteiger partial charge in [0, 0.05) is 6.61 Å². The Hall–Kier alpha value is -1.14. The maximum absolute atomic E-state index is 12.2. The Balaban J connectivity index is 2.04. The number of carbonyl (C=O) groups is 2. The summed E-state index contributed by atoms with van der Waals surface area (Å²) in [4.78, 5) is 23.1. The fourth-order valence-electron chi connectivity index (χ4n) is 2.81. The topological polar surface area (TPSA) is 102 Å². The van der Waals surface area contributed by atoms with E-state index >= 15 is 0 Å². The van der Waals surface area contributed by atoms with Crippen molar-refractivity contribution in [3.63, 3.8) is 0 Å². The molecule has 1 heterocycles. The molecule has 1 aliphatic carbocycles. The van der Waals surface area contributed by atoms with Gasteiger partial charge in [0.15, 0.2) is 0 Å². The molecule has 0 spiro atoms. The zero-order valence-electron chi connectivity index (χ0n) is 10.4. The number of carboxylic acids is 1. The van der Waals surface area contributed by atoms with Crippen molar-refractivity contribution in [1.29, 1.82) is 0 Å². The summed E-state index contributed by atoms with van der Waals surface area (Å²) in [6.45, 7) is 0.692. The number of rotatable bonds is 4. The first-order valence-corrected chi connectivity index (χ1v) is 6.37. The predicted molar refractivity (Wildman–Crippen MR) is 63.9 cm³/mol. The molecule has 0 radical (unpaired) electrons. The summed E-state index contributed by atoms with van der Waals surface area (Å²) in [5, 5.41) is 11.9. The molecule has 0 aromatic rings. The smallest absolute Gasteiger partial charge is 0.305 e. The van der Waals surface area contributed by atoms with Gasteiger partial charge < -0.3 is 20.9 Å². The third-order valence-electron chi connectivity index (χ3n) is 3.93. The quantitative estimate of drug-likeness (QED) is 0.657. The molecule has 1 atom stereocenters. The van der Waals surface area contributed by atoms with Gasteiger partial charge >= 0.3 is 5.97 Å². The maximum atomic E-state index is 12.2. The summed E-state index contributed by atoms with van der Waals surface area (Å²) in [7, 11) is 0. The molecule has 4 N–H and O–H groups in total. The Morgan fingerprint density at radius 3 is 2.44 bits per heavy atom. The minimum atomic E-state index is -0.992. The van der Waals surface area contributed by atoms with E-state index in [4.69, 9.17) is 15.6 Å². The number of hydrogen-bond acceptors (Lipinski definition) is 4. The van der Waals surface area contributed by atoms with Gasteiger partial charge in [0.2, 0.25) is 5.91 Å². The second-order valence-corrected chi connectivity index (χ2v) is 5.47. The van der Waals surface area contributed by atoms with E-state index in [-0.39, 0.29) is 18.9 Å². The normalized spacial score (nSPS) is 30.3. The number of aliphatic carboxylic acids is 1. The van der Waals surface area contributed by atoms with Gasteiger partial charge in [-0.15, -0.1) is 0 Å². The Morgan fingerprint density at radius 1 is 1.28 bits per heavy atom. The Morgan fingerprint density at radius 2 is 1.94 bits per heavy atom. The zero-order valence-corrected chi connectivity index (χ0v) is 10.4. The van der Waals surface area contributed by atoms with Gasteiger partial charge in [0.1, 0.15) is 5.54 Å². The second kappa shape index (κ2) is 4.85. The molecule has 0 aromatic heterocycles. The van der Waals surface area contributed by atoms with Crippen LogP contribution in [-0.2, 0) is 14.3 Å². The van der Waals surface area contributed by atoms with Crippen molar-refractivity contribution in [2.24, 2.45) is 5.73 Å². The van der Waals surface area contributed by atoms with E-state index in [0.717, 1.165) is 12.8 Å². The van der Waals surface area contributed by atoms with E-state index in [0.29, 0.717) is 25.9 Å². The van der Waals surface area contributed by atoms with Crippen molar-refractivity contribution in [2.75, 3.05) is 13.2 Å². The number of amides is 1. The first-order valence-electron chi connectivity index (χ1n) is 6.37. The summed E-state index contributed by atoms with van der Waals surface area (Å²) in [6.07, 6.45) is 3.77. The molecule has 1 amide bonds. The van der Waals surface area contributed by atoms with Crippen LogP contribution >= 0.6 is 0 Å². The van der Waals surface area contributed by atoms with E-state index < -0.39 is 17.0 Å². The highest BCUT2D eigenvalue weighted by molar-refractivity contribution is 5.87. The van der Waals surface area contributed by atoms with Gasteiger partial charge in [-0.25, -0.2) is 0 Å². The molecule has 102 valence electrons. The highest BCUT2D eigenvalue weighted by Gasteiger charge is 2.44. The third kappa shape index (κ3) is 2.64. The van der Waals surface area contributed by atoms with Crippen molar-refractivity contribution < 1.29 is 19.4 Å². The van der Waals surface area contributed by atoms with Crippen LogP contribution in [0.15, 0.2) is 0 Å². The van der Waals surface area contributed by atoms with Crippen molar-refractivity contribution in [2.45, 2.75) is 49.6 Å².